The van der Waals surface area contributed by atoms with Crippen molar-refractivity contribution in [3.8, 4) is 0 Å². The number of carboxylic acid groups (broad SMARTS) is 1. The molecule has 1 fully saturated rings. The minimum atomic E-state index is -1.18. The fraction of sp³-hybridized carbons (Fsp3) is 0.545. The molecule has 0 spiro atoms. The van der Waals surface area contributed by atoms with Crippen molar-refractivity contribution in [3.63, 3.8) is 0 Å². The third-order valence-corrected chi connectivity index (χ3v) is 3.66. The standard InChI is InChI=1S/C11H12ClNO4/c1-5(11(16)17)13-9(14)7-3-2-6(12)4-8(7)10(13)15/h2,5,7-8H,3-4H2,1H3,(H,16,17). The number of allylic oxidation sites excluding steroid dienone is 2. The van der Waals surface area contributed by atoms with Gasteiger partial charge in [0.15, 0.2) is 0 Å². The van der Waals surface area contributed by atoms with Gasteiger partial charge in [-0.3, -0.25) is 14.5 Å². The zero-order chi connectivity index (χ0) is 12.7. The molecule has 1 aliphatic carbocycles. The molecule has 2 aliphatic rings. The van der Waals surface area contributed by atoms with Crippen LogP contribution in [0.5, 0.6) is 0 Å². The number of hydrogen-bond acceptors (Lipinski definition) is 3. The molecule has 17 heavy (non-hydrogen) atoms. The molecular weight excluding hydrogens is 246 g/mol. The quantitative estimate of drug-likeness (QED) is 0.748. The van der Waals surface area contributed by atoms with E-state index in [2.05, 4.69) is 0 Å². The average molecular weight is 258 g/mol. The topological polar surface area (TPSA) is 74.7 Å². The molecule has 6 heteroatoms. The van der Waals surface area contributed by atoms with Gasteiger partial charge in [0.05, 0.1) is 11.8 Å². The van der Waals surface area contributed by atoms with Crippen LogP contribution in [0.15, 0.2) is 11.1 Å². The summed E-state index contributed by atoms with van der Waals surface area (Å²) in [6.45, 7) is 1.34. The Balaban J connectivity index is 2.28. The van der Waals surface area contributed by atoms with Crippen molar-refractivity contribution in [1.29, 1.82) is 0 Å². The lowest BCUT2D eigenvalue weighted by molar-refractivity contribution is -0.154. The molecule has 0 bridgehead atoms. The fourth-order valence-electron chi connectivity index (χ4n) is 2.35. The highest BCUT2D eigenvalue weighted by molar-refractivity contribution is 6.30. The number of halogens is 1. The Morgan fingerprint density at radius 3 is 2.65 bits per heavy atom. The van der Waals surface area contributed by atoms with E-state index in [-0.39, 0.29) is 0 Å². The first-order valence-electron chi connectivity index (χ1n) is 5.37. The third kappa shape index (κ3) is 1.84. The second kappa shape index (κ2) is 4.14. The van der Waals surface area contributed by atoms with Crippen LogP contribution in [0.25, 0.3) is 0 Å². The summed E-state index contributed by atoms with van der Waals surface area (Å²) in [5.41, 5.74) is 0. The second-order valence-corrected chi connectivity index (χ2v) is 4.85. The van der Waals surface area contributed by atoms with E-state index in [4.69, 9.17) is 16.7 Å². The number of imide groups is 1. The van der Waals surface area contributed by atoms with Crippen LogP contribution < -0.4 is 0 Å². The Bertz CT molecular complexity index is 431. The van der Waals surface area contributed by atoms with Crippen LogP contribution >= 0.6 is 11.6 Å². The number of carbonyl (C=O) groups is 3. The van der Waals surface area contributed by atoms with Crippen molar-refractivity contribution in [2.45, 2.75) is 25.8 Å². The molecule has 1 saturated heterocycles. The van der Waals surface area contributed by atoms with Crippen molar-refractivity contribution in [2.75, 3.05) is 0 Å². The summed E-state index contributed by atoms with van der Waals surface area (Å²) < 4.78 is 0. The number of carbonyl (C=O) groups excluding carboxylic acids is 2. The van der Waals surface area contributed by atoms with Gasteiger partial charge in [0, 0.05) is 5.03 Å². The van der Waals surface area contributed by atoms with Crippen LogP contribution in [0.2, 0.25) is 0 Å². The van der Waals surface area contributed by atoms with Crippen molar-refractivity contribution in [2.24, 2.45) is 11.8 Å². The van der Waals surface area contributed by atoms with Crippen LogP contribution in [0.1, 0.15) is 19.8 Å². The van der Waals surface area contributed by atoms with E-state index in [0.29, 0.717) is 17.9 Å². The predicted molar refractivity (Wildman–Crippen MR) is 59.1 cm³/mol. The van der Waals surface area contributed by atoms with Crippen molar-refractivity contribution in [3.05, 3.63) is 11.1 Å². The second-order valence-electron chi connectivity index (χ2n) is 4.36. The van der Waals surface area contributed by atoms with E-state index < -0.39 is 35.7 Å². The number of hydrogen-bond donors (Lipinski definition) is 1. The summed E-state index contributed by atoms with van der Waals surface area (Å²) in [5.74, 6) is -2.91. The summed E-state index contributed by atoms with van der Waals surface area (Å²) in [6.07, 6.45) is 2.47. The molecule has 0 saturated carbocycles. The SMILES string of the molecule is CC(C(=O)O)N1C(=O)C2CC=C(Cl)CC2C1=O. The number of likely N-dealkylation sites (tertiary alicyclic amines) is 1. The zero-order valence-corrected chi connectivity index (χ0v) is 9.98. The van der Waals surface area contributed by atoms with E-state index in [1.54, 1.807) is 6.08 Å². The lowest BCUT2D eigenvalue weighted by Gasteiger charge is -2.18. The van der Waals surface area contributed by atoms with Crippen molar-refractivity contribution < 1.29 is 19.5 Å². The average Bonchev–Trinajstić information content (AvgIpc) is 2.50. The van der Waals surface area contributed by atoms with Crippen LogP contribution in [-0.2, 0) is 14.4 Å². The lowest BCUT2D eigenvalue weighted by Crippen LogP contribution is -2.43. The van der Waals surface area contributed by atoms with Crippen molar-refractivity contribution in [1.82, 2.24) is 4.90 Å². The van der Waals surface area contributed by atoms with Gasteiger partial charge in [-0.2, -0.15) is 0 Å². The molecule has 92 valence electrons. The molecule has 5 nitrogen and oxygen atoms in total. The molecule has 1 aliphatic heterocycles. The molecular formula is C11H12ClNO4. The van der Waals surface area contributed by atoms with Gasteiger partial charge in [-0.1, -0.05) is 17.7 Å². The van der Waals surface area contributed by atoms with E-state index in [1.165, 1.54) is 6.92 Å². The number of fused-ring (bicyclic) bond motifs is 1. The number of aliphatic carboxylic acids is 1. The monoisotopic (exact) mass is 257 g/mol. The van der Waals surface area contributed by atoms with Crippen LogP contribution in [0, 0.1) is 11.8 Å². The smallest absolute Gasteiger partial charge is 0.326 e. The maximum atomic E-state index is 12.0. The lowest BCUT2D eigenvalue weighted by atomic mass is 9.85. The van der Waals surface area contributed by atoms with Crippen LogP contribution in [0.3, 0.4) is 0 Å². The molecule has 3 atom stereocenters. The highest BCUT2D eigenvalue weighted by atomic mass is 35.5. The first-order chi connectivity index (χ1) is 7.93. The summed E-state index contributed by atoms with van der Waals surface area (Å²) >= 11 is 5.85. The maximum Gasteiger partial charge on any atom is 0.326 e. The zero-order valence-electron chi connectivity index (χ0n) is 9.22. The Hall–Kier alpha value is -1.36. The van der Waals surface area contributed by atoms with Gasteiger partial charge in [0.25, 0.3) is 0 Å². The first kappa shape index (κ1) is 12.1. The maximum absolute atomic E-state index is 12.0. The van der Waals surface area contributed by atoms with E-state index in [1.807, 2.05) is 0 Å². The predicted octanol–water partition coefficient (Wildman–Crippen LogP) is 0.977. The van der Waals surface area contributed by atoms with E-state index >= 15 is 0 Å². The molecule has 3 unspecified atom stereocenters. The van der Waals surface area contributed by atoms with Gasteiger partial charge >= 0.3 is 5.97 Å². The third-order valence-electron chi connectivity index (χ3n) is 3.35. The largest absolute Gasteiger partial charge is 0.480 e. The number of nitrogens with zero attached hydrogens (tertiary/aromatic N) is 1. The number of amides is 2. The summed E-state index contributed by atoms with van der Waals surface area (Å²) in [6, 6.07) is -1.11. The molecule has 0 aromatic rings. The minimum Gasteiger partial charge on any atom is -0.480 e. The molecule has 2 rings (SSSR count). The molecule has 1 heterocycles. The molecule has 0 radical (unpaired) electrons. The Morgan fingerprint density at radius 1 is 1.47 bits per heavy atom. The number of rotatable bonds is 2. The minimum absolute atomic E-state index is 0.333. The summed E-state index contributed by atoms with van der Waals surface area (Å²) in [7, 11) is 0. The van der Waals surface area contributed by atoms with E-state index in [9.17, 15) is 14.4 Å². The fourth-order valence-corrected chi connectivity index (χ4v) is 2.60. The molecule has 2 amide bonds. The summed E-state index contributed by atoms with van der Waals surface area (Å²) in [5, 5.41) is 9.45. The Morgan fingerprint density at radius 2 is 2.06 bits per heavy atom. The molecule has 1 N–H and O–H groups in total. The highest BCUT2D eigenvalue weighted by Crippen LogP contribution is 2.39. The van der Waals surface area contributed by atoms with Gasteiger partial charge in [0.2, 0.25) is 11.8 Å². The van der Waals surface area contributed by atoms with Crippen LogP contribution in [-0.4, -0.2) is 33.8 Å². The van der Waals surface area contributed by atoms with Crippen LogP contribution in [0.4, 0.5) is 0 Å². The van der Waals surface area contributed by atoms with E-state index in [0.717, 1.165) is 4.90 Å². The first-order valence-corrected chi connectivity index (χ1v) is 5.75. The Labute approximate surface area is 103 Å². The highest BCUT2D eigenvalue weighted by Gasteiger charge is 2.51. The number of carboxylic acids is 1. The van der Waals surface area contributed by atoms with Gasteiger partial charge in [-0.05, 0) is 19.8 Å². The van der Waals surface area contributed by atoms with Gasteiger partial charge in [-0.15, -0.1) is 0 Å². The van der Waals surface area contributed by atoms with Gasteiger partial charge < -0.3 is 5.11 Å². The van der Waals surface area contributed by atoms with Gasteiger partial charge in [0.1, 0.15) is 6.04 Å². The molecule has 0 aromatic carbocycles. The van der Waals surface area contributed by atoms with Gasteiger partial charge in [-0.25, -0.2) is 4.79 Å². The normalized spacial score (nSPS) is 30.0. The van der Waals surface area contributed by atoms with Crippen molar-refractivity contribution >= 4 is 29.4 Å². The molecule has 0 aromatic heterocycles. The Kier molecular flexibility index (Phi) is 2.95. The summed E-state index contributed by atoms with van der Waals surface area (Å²) in [4.78, 5) is 35.7.